The molecule has 0 saturated heterocycles. The number of hydrogen-bond donors (Lipinski definition) is 2. The first-order valence-corrected chi connectivity index (χ1v) is 10.5. The van der Waals surface area contributed by atoms with Crippen LogP contribution >= 0.6 is 0 Å². The van der Waals surface area contributed by atoms with Crippen molar-refractivity contribution in [3.05, 3.63) is 75.6 Å². The molecule has 1 heterocycles. The number of sulfonamides is 1. The molecule has 0 spiro atoms. The average molecular weight is 385 g/mol. The zero-order valence-electron chi connectivity index (χ0n) is 15.7. The molecule has 2 aromatic carbocycles. The highest BCUT2D eigenvalue weighted by molar-refractivity contribution is 7.89. The van der Waals surface area contributed by atoms with Gasteiger partial charge in [0.15, 0.2) is 0 Å². The highest BCUT2D eigenvalue weighted by Crippen LogP contribution is 2.20. The highest BCUT2D eigenvalue weighted by atomic mass is 32.2. The summed E-state index contributed by atoms with van der Waals surface area (Å²) in [5, 5.41) is 0.891. The van der Waals surface area contributed by atoms with Gasteiger partial charge in [0.25, 0.3) is 5.56 Å². The van der Waals surface area contributed by atoms with Crippen molar-refractivity contribution in [1.82, 2.24) is 9.71 Å². The number of aromatic amines is 1. The Morgan fingerprint density at radius 3 is 2.37 bits per heavy atom. The number of H-pyrrole nitrogens is 1. The lowest BCUT2D eigenvalue weighted by Gasteiger charge is -2.10. The van der Waals surface area contributed by atoms with Gasteiger partial charge in [0.1, 0.15) is 0 Å². The minimum atomic E-state index is -3.68. The molecule has 0 bridgehead atoms. The second kappa shape index (κ2) is 7.66. The number of pyridine rings is 1. The van der Waals surface area contributed by atoms with Crippen LogP contribution in [0.5, 0.6) is 0 Å². The molecule has 0 amide bonds. The molecule has 1 aromatic heterocycles. The molecule has 2 N–H and O–H groups in total. The van der Waals surface area contributed by atoms with E-state index in [1.165, 1.54) is 0 Å². The minimum Gasteiger partial charge on any atom is -0.322 e. The average Bonchev–Trinajstić information content (AvgIpc) is 2.66. The number of aromatic nitrogens is 1. The molecule has 3 aromatic rings. The van der Waals surface area contributed by atoms with E-state index in [0.29, 0.717) is 11.5 Å². The summed E-state index contributed by atoms with van der Waals surface area (Å²) in [6.45, 7) is 6.16. The number of benzene rings is 2. The van der Waals surface area contributed by atoms with Gasteiger partial charge >= 0.3 is 0 Å². The van der Waals surface area contributed by atoms with Crippen LogP contribution < -0.4 is 10.3 Å². The summed E-state index contributed by atoms with van der Waals surface area (Å²) in [6, 6.07) is 14.4. The number of fused-ring (bicyclic) bond motifs is 1. The zero-order valence-corrected chi connectivity index (χ0v) is 16.6. The van der Waals surface area contributed by atoms with Crippen LogP contribution in [-0.4, -0.2) is 13.4 Å². The molecule has 0 radical (unpaired) electrons. The lowest BCUT2D eigenvalue weighted by Crippen LogP contribution is -2.27. The molecule has 0 unspecified atom stereocenters. The van der Waals surface area contributed by atoms with Gasteiger partial charge in [-0.1, -0.05) is 39.0 Å². The van der Waals surface area contributed by atoms with Crippen molar-refractivity contribution in [2.24, 2.45) is 0 Å². The third kappa shape index (κ3) is 4.28. The first-order chi connectivity index (χ1) is 12.8. The fourth-order valence-corrected chi connectivity index (χ4v) is 3.93. The molecule has 0 saturated carbocycles. The highest BCUT2D eigenvalue weighted by Gasteiger charge is 2.15. The quantitative estimate of drug-likeness (QED) is 0.680. The van der Waals surface area contributed by atoms with Crippen LogP contribution in [0.2, 0.25) is 0 Å². The number of rotatable bonds is 6. The van der Waals surface area contributed by atoms with E-state index >= 15 is 0 Å². The molecular formula is C21H24N2O3S. The second-order valence-electron chi connectivity index (χ2n) is 6.95. The fraction of sp³-hybridized carbons (Fsp3) is 0.286. The Balaban J connectivity index is 1.86. The van der Waals surface area contributed by atoms with E-state index in [-0.39, 0.29) is 17.0 Å². The lowest BCUT2D eigenvalue weighted by atomic mass is 10.0. The Morgan fingerprint density at radius 1 is 1.04 bits per heavy atom. The van der Waals surface area contributed by atoms with Gasteiger partial charge in [-0.2, -0.15) is 0 Å². The van der Waals surface area contributed by atoms with Crippen LogP contribution in [0, 0.1) is 0 Å². The third-order valence-electron chi connectivity index (χ3n) is 4.71. The van der Waals surface area contributed by atoms with E-state index in [1.807, 2.05) is 25.1 Å². The second-order valence-corrected chi connectivity index (χ2v) is 8.71. The molecule has 142 valence electrons. The molecule has 0 aliphatic rings. The summed E-state index contributed by atoms with van der Waals surface area (Å²) in [4.78, 5) is 15.3. The van der Waals surface area contributed by atoms with Crippen molar-refractivity contribution in [3.8, 4) is 0 Å². The van der Waals surface area contributed by atoms with Gasteiger partial charge in [0, 0.05) is 17.6 Å². The van der Waals surface area contributed by atoms with Gasteiger partial charge in [0.05, 0.1) is 4.90 Å². The summed E-state index contributed by atoms with van der Waals surface area (Å²) < 4.78 is 27.5. The Kier molecular flexibility index (Phi) is 5.48. The molecule has 0 fully saturated rings. The first kappa shape index (κ1) is 19.3. The summed E-state index contributed by atoms with van der Waals surface area (Å²) in [6.07, 6.45) is 0.846. The van der Waals surface area contributed by atoms with Crippen molar-refractivity contribution in [3.63, 3.8) is 0 Å². The number of hydrogen-bond acceptors (Lipinski definition) is 3. The standard InChI is InChI=1S/C21H24N2O3S/c1-4-15-5-8-19(9-6-15)27(25,26)22-13-18-12-17-11-16(14(2)3)7-10-20(17)23-21(18)24/h5-12,14,22H,4,13H2,1-3H3,(H,23,24). The Labute approximate surface area is 159 Å². The molecule has 27 heavy (non-hydrogen) atoms. The lowest BCUT2D eigenvalue weighted by molar-refractivity contribution is 0.581. The Bertz CT molecular complexity index is 1110. The molecule has 6 heteroatoms. The van der Waals surface area contributed by atoms with Crippen molar-refractivity contribution in [1.29, 1.82) is 0 Å². The van der Waals surface area contributed by atoms with E-state index in [4.69, 9.17) is 0 Å². The van der Waals surface area contributed by atoms with Gasteiger partial charge in [-0.25, -0.2) is 13.1 Å². The maximum Gasteiger partial charge on any atom is 0.252 e. The summed E-state index contributed by atoms with van der Waals surface area (Å²) in [7, 11) is -3.68. The van der Waals surface area contributed by atoms with Crippen LogP contribution in [0.1, 0.15) is 43.4 Å². The Hall–Kier alpha value is -2.44. The maximum absolute atomic E-state index is 12.5. The SMILES string of the molecule is CCc1ccc(S(=O)(=O)NCc2cc3cc(C(C)C)ccc3[nH]c2=O)cc1. The first-order valence-electron chi connectivity index (χ1n) is 9.04. The smallest absolute Gasteiger partial charge is 0.252 e. The van der Waals surface area contributed by atoms with E-state index in [2.05, 4.69) is 23.6 Å². The number of aryl methyl sites for hydroxylation is 1. The molecule has 0 atom stereocenters. The Morgan fingerprint density at radius 2 is 1.74 bits per heavy atom. The van der Waals surface area contributed by atoms with Crippen LogP contribution in [0.3, 0.4) is 0 Å². The predicted molar refractivity (Wildman–Crippen MR) is 109 cm³/mol. The monoisotopic (exact) mass is 384 g/mol. The molecule has 3 rings (SSSR count). The van der Waals surface area contributed by atoms with E-state index in [0.717, 1.165) is 28.5 Å². The molecular weight excluding hydrogens is 360 g/mol. The van der Waals surface area contributed by atoms with Crippen LogP contribution in [0.15, 0.2) is 58.2 Å². The maximum atomic E-state index is 12.5. The molecule has 0 aliphatic heterocycles. The van der Waals surface area contributed by atoms with Gasteiger partial charge in [-0.05, 0) is 59.2 Å². The summed E-state index contributed by atoms with van der Waals surface area (Å²) >= 11 is 0. The topological polar surface area (TPSA) is 79.0 Å². The third-order valence-corrected chi connectivity index (χ3v) is 6.12. The van der Waals surface area contributed by atoms with Gasteiger partial charge in [-0.15, -0.1) is 0 Å². The summed E-state index contributed by atoms with van der Waals surface area (Å²) in [5.74, 6) is 0.370. The predicted octanol–water partition coefficient (Wildman–Crippen LogP) is 3.69. The number of nitrogens with one attached hydrogen (secondary N) is 2. The fourth-order valence-electron chi connectivity index (χ4n) is 2.92. The van der Waals surface area contributed by atoms with Crippen molar-refractivity contribution in [2.45, 2.75) is 44.6 Å². The van der Waals surface area contributed by atoms with Gasteiger partial charge in [-0.3, -0.25) is 4.79 Å². The van der Waals surface area contributed by atoms with Crippen molar-refractivity contribution < 1.29 is 8.42 Å². The van der Waals surface area contributed by atoms with Gasteiger partial charge < -0.3 is 4.98 Å². The van der Waals surface area contributed by atoms with E-state index < -0.39 is 10.0 Å². The normalized spacial score (nSPS) is 12.0. The van der Waals surface area contributed by atoms with Gasteiger partial charge in [0.2, 0.25) is 10.0 Å². The molecule has 5 nitrogen and oxygen atoms in total. The van der Waals surface area contributed by atoms with E-state index in [9.17, 15) is 13.2 Å². The largest absolute Gasteiger partial charge is 0.322 e. The zero-order chi connectivity index (χ0) is 19.6. The molecule has 0 aliphatic carbocycles. The van der Waals surface area contributed by atoms with Crippen LogP contribution in [0.25, 0.3) is 10.9 Å². The van der Waals surface area contributed by atoms with Crippen LogP contribution in [0.4, 0.5) is 0 Å². The van der Waals surface area contributed by atoms with E-state index in [1.54, 1.807) is 30.3 Å². The van der Waals surface area contributed by atoms with Crippen molar-refractivity contribution in [2.75, 3.05) is 0 Å². The summed E-state index contributed by atoms with van der Waals surface area (Å²) in [5.41, 5.74) is 3.07. The minimum absolute atomic E-state index is 0.0605. The van der Waals surface area contributed by atoms with Crippen LogP contribution in [-0.2, 0) is 23.0 Å². The van der Waals surface area contributed by atoms with Crippen molar-refractivity contribution >= 4 is 20.9 Å².